The maximum Gasteiger partial charge on any atom is 0.397 e. The third-order valence-electron chi connectivity index (χ3n) is 13.3. The van der Waals surface area contributed by atoms with Crippen molar-refractivity contribution in [3.63, 3.8) is 0 Å². The molecule has 0 spiro atoms. The lowest BCUT2D eigenvalue weighted by Gasteiger charge is -2.66. The molecule has 4 saturated carbocycles. The van der Waals surface area contributed by atoms with E-state index < -0.39 is 58.9 Å². The van der Waals surface area contributed by atoms with Crippen molar-refractivity contribution in [2.45, 2.75) is 147 Å². The number of fused-ring (bicyclic) bond motifs is 5. The van der Waals surface area contributed by atoms with Crippen molar-refractivity contribution in [3.8, 4) is 0 Å². The molecule has 5 fully saturated rings. The number of aliphatic hydroxyl groups excluding tert-OH is 4. The van der Waals surface area contributed by atoms with Crippen molar-refractivity contribution in [1.29, 1.82) is 0 Å². The number of aliphatic hydroxyl groups is 5. The summed E-state index contributed by atoms with van der Waals surface area (Å²) in [5.41, 5.74) is -1.78. The van der Waals surface area contributed by atoms with Gasteiger partial charge in [-0.1, -0.05) is 34.6 Å². The van der Waals surface area contributed by atoms with Crippen LogP contribution in [0.1, 0.15) is 92.4 Å². The summed E-state index contributed by atoms with van der Waals surface area (Å²) in [6.07, 6.45) is -0.970. The minimum atomic E-state index is -4.78. The van der Waals surface area contributed by atoms with E-state index in [2.05, 4.69) is 25.0 Å². The van der Waals surface area contributed by atoms with Gasteiger partial charge in [-0.25, -0.2) is 4.18 Å². The molecule has 4 aliphatic carbocycles. The Morgan fingerprint density at radius 3 is 2.26 bits per heavy atom. The number of methoxy groups -OCH3 is 1. The van der Waals surface area contributed by atoms with Gasteiger partial charge in [0, 0.05) is 19.4 Å². The molecule has 13 heteroatoms. The molecule has 6 N–H and O–H groups in total. The van der Waals surface area contributed by atoms with E-state index in [4.69, 9.17) is 18.8 Å². The minimum Gasteiger partial charge on any atom is -0.393 e. The van der Waals surface area contributed by atoms with E-state index in [9.17, 15) is 34.0 Å². The van der Waals surface area contributed by atoms with Crippen LogP contribution in [0.25, 0.3) is 0 Å². The third-order valence-corrected chi connectivity index (χ3v) is 13.8. The topological polar surface area (TPSA) is 192 Å². The molecule has 1 heterocycles. The molecular weight excluding hydrogens is 620 g/mol. The molecule has 5 aliphatic rings. The van der Waals surface area contributed by atoms with E-state index in [0.717, 1.165) is 25.7 Å². The maximum absolute atomic E-state index is 12.6. The van der Waals surface area contributed by atoms with Gasteiger partial charge in [-0.2, -0.15) is 8.42 Å². The molecule has 0 bridgehead atoms. The predicted molar refractivity (Wildman–Crippen MR) is 167 cm³/mol. The van der Waals surface area contributed by atoms with Gasteiger partial charge in [0.15, 0.2) is 6.29 Å². The summed E-state index contributed by atoms with van der Waals surface area (Å²) in [6.45, 7) is 10.4. The van der Waals surface area contributed by atoms with Gasteiger partial charge in [-0.05, 0) is 91.8 Å². The van der Waals surface area contributed by atoms with E-state index in [1.54, 1.807) is 0 Å². The standard InChI is InChI=1S/C33H58O12S/c1-17(2)24(44-30-27(37)28(42-6)25(16-43-30)45-46(39,40)41)8-7-18(3)20-14-22(35)29-32(20,5)12-10-26-31(4)11-9-19(34)13-21(31)23(36)15-33(26,29)38/h17-30,34-38H,7-16H2,1-6H3,(H,39,40,41)/t18-,19+,20-,21-,22-,23+,24+,25+,26+,27+,28-,29+,30-,31+,32-,33+/m1/s1. The SMILES string of the molecule is CO[C@H]1[C@H](O)[C@@H](O[C@@H](CC[C@@H](C)[C@H]2C[C@@H](O)[C@H]3[C@]2(C)CC[C@H]2[C@@]4(C)CC[C@H](O)C[C@@H]4[C@@H](O)C[C@]23O)C(C)C)OC[C@@H]1OS(=O)(=O)O. The van der Waals surface area contributed by atoms with Gasteiger partial charge >= 0.3 is 10.4 Å². The quantitative estimate of drug-likeness (QED) is 0.185. The fourth-order valence-corrected chi connectivity index (χ4v) is 11.6. The second kappa shape index (κ2) is 13.4. The van der Waals surface area contributed by atoms with Crippen molar-refractivity contribution < 1.29 is 56.9 Å². The Morgan fingerprint density at radius 1 is 0.957 bits per heavy atom. The third kappa shape index (κ3) is 6.57. The highest BCUT2D eigenvalue weighted by atomic mass is 32.3. The highest BCUT2D eigenvalue weighted by molar-refractivity contribution is 7.80. The van der Waals surface area contributed by atoms with Gasteiger partial charge in [0.2, 0.25) is 0 Å². The first kappa shape index (κ1) is 36.8. The van der Waals surface area contributed by atoms with Gasteiger partial charge in [0.05, 0.1) is 36.6 Å². The molecule has 1 saturated heterocycles. The van der Waals surface area contributed by atoms with Crippen LogP contribution in [0.3, 0.4) is 0 Å². The van der Waals surface area contributed by atoms with Gasteiger partial charge in [-0.3, -0.25) is 4.55 Å². The summed E-state index contributed by atoms with van der Waals surface area (Å²) >= 11 is 0. The summed E-state index contributed by atoms with van der Waals surface area (Å²) in [4.78, 5) is 0. The molecule has 0 unspecified atom stereocenters. The molecule has 46 heavy (non-hydrogen) atoms. The average molecular weight is 679 g/mol. The van der Waals surface area contributed by atoms with Crippen molar-refractivity contribution in [2.75, 3.05) is 13.7 Å². The monoisotopic (exact) mass is 678 g/mol. The Balaban J connectivity index is 1.26. The van der Waals surface area contributed by atoms with Gasteiger partial charge in [-0.15, -0.1) is 0 Å². The summed E-state index contributed by atoms with van der Waals surface area (Å²) in [5, 5.41) is 56.8. The molecule has 0 aromatic heterocycles. The largest absolute Gasteiger partial charge is 0.397 e. The van der Waals surface area contributed by atoms with Crippen molar-refractivity contribution in [1.82, 2.24) is 0 Å². The predicted octanol–water partition coefficient (Wildman–Crippen LogP) is 2.44. The van der Waals surface area contributed by atoms with Crippen LogP contribution in [-0.4, -0.2) is 107 Å². The summed E-state index contributed by atoms with van der Waals surface area (Å²) in [6, 6.07) is 0. The molecule has 0 aromatic carbocycles. The van der Waals surface area contributed by atoms with Crippen LogP contribution in [-0.2, 0) is 28.8 Å². The molecule has 12 nitrogen and oxygen atoms in total. The lowest BCUT2D eigenvalue weighted by Crippen LogP contribution is -2.68. The molecule has 5 rings (SSSR count). The Labute approximate surface area is 274 Å². The average Bonchev–Trinajstić information content (AvgIpc) is 3.23. The zero-order valence-corrected chi connectivity index (χ0v) is 29.0. The van der Waals surface area contributed by atoms with Crippen LogP contribution in [0.15, 0.2) is 0 Å². The second-order valence-electron chi connectivity index (χ2n) is 16.2. The zero-order chi connectivity index (χ0) is 34.0. The molecular formula is C33H58O12S. The lowest BCUT2D eigenvalue weighted by molar-refractivity contribution is -0.287. The highest BCUT2D eigenvalue weighted by Gasteiger charge is 2.70. The Bertz CT molecular complexity index is 1170. The first-order valence-corrected chi connectivity index (χ1v) is 18.6. The van der Waals surface area contributed by atoms with Gasteiger partial charge < -0.3 is 39.7 Å². The number of hydrogen-bond donors (Lipinski definition) is 6. The van der Waals surface area contributed by atoms with E-state index >= 15 is 0 Å². The van der Waals surface area contributed by atoms with E-state index in [1.165, 1.54) is 7.11 Å². The summed E-state index contributed by atoms with van der Waals surface area (Å²) in [5.74, 6) is -0.0457. The zero-order valence-electron chi connectivity index (χ0n) is 28.2. The van der Waals surface area contributed by atoms with Crippen LogP contribution in [0.2, 0.25) is 0 Å². The van der Waals surface area contributed by atoms with Crippen molar-refractivity contribution in [2.24, 2.45) is 46.3 Å². The van der Waals surface area contributed by atoms with E-state index in [0.29, 0.717) is 25.7 Å². The highest BCUT2D eigenvalue weighted by Crippen LogP contribution is 2.69. The minimum absolute atomic E-state index is 0.0401. The van der Waals surface area contributed by atoms with Gasteiger partial charge in [0.1, 0.15) is 18.3 Å². The van der Waals surface area contributed by atoms with Crippen molar-refractivity contribution >= 4 is 10.4 Å². The van der Waals surface area contributed by atoms with Crippen LogP contribution in [0.5, 0.6) is 0 Å². The molecule has 0 radical (unpaired) electrons. The fourth-order valence-electron chi connectivity index (χ4n) is 11.2. The lowest BCUT2D eigenvalue weighted by atomic mass is 9.42. The number of hydrogen-bond acceptors (Lipinski definition) is 11. The Hall–Kier alpha value is -0.450. The maximum atomic E-state index is 12.6. The smallest absolute Gasteiger partial charge is 0.393 e. The number of ether oxygens (including phenoxy) is 3. The molecule has 268 valence electrons. The fraction of sp³-hybridized carbons (Fsp3) is 1.00. The summed E-state index contributed by atoms with van der Waals surface area (Å²) < 4.78 is 53.4. The van der Waals surface area contributed by atoms with Crippen LogP contribution < -0.4 is 0 Å². The van der Waals surface area contributed by atoms with E-state index in [-0.39, 0.29) is 65.5 Å². The molecule has 0 aromatic rings. The van der Waals surface area contributed by atoms with Crippen LogP contribution in [0.4, 0.5) is 0 Å². The summed E-state index contributed by atoms with van der Waals surface area (Å²) in [7, 11) is -3.47. The van der Waals surface area contributed by atoms with Crippen molar-refractivity contribution in [3.05, 3.63) is 0 Å². The van der Waals surface area contributed by atoms with Gasteiger partial charge in [0.25, 0.3) is 0 Å². The second-order valence-corrected chi connectivity index (χ2v) is 17.3. The first-order valence-electron chi connectivity index (χ1n) is 17.3. The molecule has 1 aliphatic heterocycles. The number of rotatable bonds is 10. The normalized spacial score (nSPS) is 49.2. The Morgan fingerprint density at radius 2 is 1.63 bits per heavy atom. The molecule has 0 amide bonds. The van der Waals surface area contributed by atoms with E-state index in [1.807, 2.05) is 13.8 Å². The Kier molecular flexibility index (Phi) is 10.7. The first-order chi connectivity index (χ1) is 21.4. The molecule has 16 atom stereocenters. The van der Waals surface area contributed by atoms with Crippen LogP contribution >= 0.6 is 0 Å². The van der Waals surface area contributed by atoms with Crippen LogP contribution in [0, 0.1) is 46.3 Å².